The van der Waals surface area contributed by atoms with Crippen molar-refractivity contribution < 1.29 is 13.2 Å². The number of hydrogen-bond acceptors (Lipinski definition) is 3. The van der Waals surface area contributed by atoms with Gasteiger partial charge in [-0.05, 0) is 66.9 Å². The van der Waals surface area contributed by atoms with E-state index >= 15 is 0 Å². The van der Waals surface area contributed by atoms with Crippen LogP contribution in [0.1, 0.15) is 18.4 Å². The first-order valence-corrected chi connectivity index (χ1v) is 10.5. The fourth-order valence-corrected chi connectivity index (χ4v) is 4.21. The molecule has 9 heteroatoms. The van der Waals surface area contributed by atoms with Crippen LogP contribution in [-0.2, 0) is 12.7 Å². The number of nitrogens with zero attached hydrogens (tertiary/aromatic N) is 3. The average molecular weight is 475 g/mol. The first-order chi connectivity index (χ1) is 15.4. The summed E-state index contributed by atoms with van der Waals surface area (Å²) in [5, 5.41) is 8.92. The molecule has 0 bridgehead atoms. The Kier molecular flexibility index (Phi) is 6.32. The summed E-state index contributed by atoms with van der Waals surface area (Å²) in [6.45, 7) is 1.85. The van der Waals surface area contributed by atoms with E-state index in [4.69, 9.17) is 0 Å². The summed E-state index contributed by atoms with van der Waals surface area (Å²) in [6, 6.07) is 14.1. The average Bonchev–Trinajstić information content (AvgIpc) is 3.43. The van der Waals surface area contributed by atoms with Crippen LogP contribution in [0.3, 0.4) is 0 Å². The van der Waals surface area contributed by atoms with Crippen LogP contribution in [-0.4, -0.2) is 26.9 Å². The van der Waals surface area contributed by atoms with E-state index in [1.165, 1.54) is 29.2 Å². The Morgan fingerprint density at radius 2 is 1.82 bits per heavy atom. The minimum atomic E-state index is -4.39. The van der Waals surface area contributed by atoms with E-state index in [0.717, 1.165) is 42.5 Å². The van der Waals surface area contributed by atoms with Gasteiger partial charge in [0.05, 0.1) is 23.8 Å². The van der Waals surface area contributed by atoms with E-state index in [0.29, 0.717) is 22.9 Å². The third-order valence-corrected chi connectivity index (χ3v) is 5.92. The summed E-state index contributed by atoms with van der Waals surface area (Å²) in [7, 11) is 0. The highest BCUT2D eigenvalue weighted by Gasteiger charge is 2.30. The van der Waals surface area contributed by atoms with Crippen LogP contribution >= 0.6 is 12.4 Å². The smallest absolute Gasteiger partial charge is 0.312 e. The van der Waals surface area contributed by atoms with Crippen LogP contribution in [0.15, 0.2) is 71.8 Å². The Morgan fingerprint density at radius 1 is 1.03 bits per heavy atom. The van der Waals surface area contributed by atoms with E-state index in [9.17, 15) is 18.0 Å². The minimum absolute atomic E-state index is 0. The van der Waals surface area contributed by atoms with Gasteiger partial charge in [0.15, 0.2) is 0 Å². The highest BCUT2D eigenvalue weighted by atomic mass is 35.5. The normalized spacial score (nSPS) is 16.2. The zero-order valence-electron chi connectivity index (χ0n) is 17.5. The van der Waals surface area contributed by atoms with E-state index in [1.807, 2.05) is 22.9 Å². The molecule has 1 saturated heterocycles. The van der Waals surface area contributed by atoms with Crippen molar-refractivity contribution in [2.24, 2.45) is 0 Å². The zero-order valence-corrected chi connectivity index (χ0v) is 18.4. The fraction of sp³-hybridized carbons (Fsp3) is 0.250. The predicted octanol–water partition coefficient (Wildman–Crippen LogP) is 5.05. The SMILES string of the molecule is Cl.O=c1cc(-c2ccc(C(F)(F)F)cc2)ccn1-c1ccc2c(cnn2C[C@@H]2CCCN2)c1. The van der Waals surface area contributed by atoms with Crippen molar-refractivity contribution in [3.05, 3.63) is 82.9 Å². The van der Waals surface area contributed by atoms with Gasteiger partial charge in [-0.1, -0.05) is 12.1 Å². The second kappa shape index (κ2) is 9.03. The van der Waals surface area contributed by atoms with Crippen LogP contribution < -0.4 is 10.9 Å². The van der Waals surface area contributed by atoms with Gasteiger partial charge >= 0.3 is 6.18 Å². The van der Waals surface area contributed by atoms with Crippen molar-refractivity contribution in [3.8, 4) is 16.8 Å². The predicted molar refractivity (Wildman–Crippen MR) is 124 cm³/mol. The second-order valence-corrected chi connectivity index (χ2v) is 8.06. The number of nitrogens with one attached hydrogen (secondary N) is 1. The summed E-state index contributed by atoms with van der Waals surface area (Å²) >= 11 is 0. The van der Waals surface area contributed by atoms with Crippen molar-refractivity contribution in [1.29, 1.82) is 0 Å². The van der Waals surface area contributed by atoms with Gasteiger partial charge in [0.25, 0.3) is 5.56 Å². The number of pyridine rings is 1. The maximum atomic E-state index is 12.8. The van der Waals surface area contributed by atoms with E-state index in [2.05, 4.69) is 10.4 Å². The van der Waals surface area contributed by atoms with Crippen molar-refractivity contribution >= 4 is 23.3 Å². The second-order valence-electron chi connectivity index (χ2n) is 8.06. The third kappa shape index (κ3) is 4.67. The van der Waals surface area contributed by atoms with Crippen molar-refractivity contribution in [2.75, 3.05) is 6.54 Å². The number of hydrogen-bond donors (Lipinski definition) is 1. The standard InChI is InChI=1S/C24H21F3N4O.ClH/c25-24(26,27)19-5-3-16(4-6-19)17-9-11-30(23(32)13-17)21-7-8-22-18(12-21)14-29-31(22)15-20-2-1-10-28-20;/h3-9,11-14,20,28H,1-2,10,15H2;1H/t20-;/m0./s1. The molecule has 1 fully saturated rings. The highest BCUT2D eigenvalue weighted by Crippen LogP contribution is 2.30. The zero-order chi connectivity index (χ0) is 22.3. The molecule has 172 valence electrons. The quantitative estimate of drug-likeness (QED) is 0.450. The molecule has 2 aromatic heterocycles. The van der Waals surface area contributed by atoms with Gasteiger partial charge in [0.1, 0.15) is 0 Å². The van der Waals surface area contributed by atoms with Gasteiger partial charge < -0.3 is 5.32 Å². The summed E-state index contributed by atoms with van der Waals surface area (Å²) in [5.74, 6) is 0. The molecule has 3 heterocycles. The Hall–Kier alpha value is -3.10. The molecule has 4 aromatic rings. The number of rotatable bonds is 4. The number of alkyl halides is 3. The molecule has 1 atom stereocenters. The van der Waals surface area contributed by atoms with Crippen molar-refractivity contribution in [2.45, 2.75) is 31.6 Å². The molecule has 1 N–H and O–H groups in total. The third-order valence-electron chi connectivity index (χ3n) is 5.92. The van der Waals surface area contributed by atoms with Gasteiger partial charge in [-0.25, -0.2) is 0 Å². The Balaban J connectivity index is 0.00000259. The summed E-state index contributed by atoms with van der Waals surface area (Å²) in [5.41, 5.74) is 1.87. The molecule has 1 aliphatic heterocycles. The van der Waals surface area contributed by atoms with E-state index < -0.39 is 11.7 Å². The van der Waals surface area contributed by atoms with Crippen LogP contribution in [0.2, 0.25) is 0 Å². The van der Waals surface area contributed by atoms with Crippen LogP contribution in [0, 0.1) is 0 Å². The molecule has 2 aromatic carbocycles. The molecule has 0 spiro atoms. The number of aromatic nitrogens is 3. The molecule has 0 unspecified atom stereocenters. The van der Waals surface area contributed by atoms with Crippen LogP contribution in [0.4, 0.5) is 13.2 Å². The monoisotopic (exact) mass is 474 g/mol. The first-order valence-electron chi connectivity index (χ1n) is 10.5. The van der Waals surface area contributed by atoms with Gasteiger partial charge in [0, 0.05) is 29.4 Å². The molecular weight excluding hydrogens is 453 g/mol. The minimum Gasteiger partial charge on any atom is -0.312 e. The molecule has 0 saturated carbocycles. The van der Waals surface area contributed by atoms with E-state index in [1.54, 1.807) is 18.5 Å². The largest absolute Gasteiger partial charge is 0.416 e. The van der Waals surface area contributed by atoms with Gasteiger partial charge in [0.2, 0.25) is 0 Å². The molecular formula is C24H22ClF3N4O. The lowest BCUT2D eigenvalue weighted by molar-refractivity contribution is -0.137. The molecule has 0 amide bonds. The molecule has 0 aliphatic carbocycles. The summed E-state index contributed by atoms with van der Waals surface area (Å²) in [4.78, 5) is 12.8. The Labute approximate surface area is 194 Å². The Bertz CT molecular complexity index is 1320. The molecule has 5 nitrogen and oxygen atoms in total. The Morgan fingerprint density at radius 3 is 2.48 bits per heavy atom. The van der Waals surface area contributed by atoms with Crippen molar-refractivity contribution in [1.82, 2.24) is 19.7 Å². The molecule has 33 heavy (non-hydrogen) atoms. The van der Waals surface area contributed by atoms with Gasteiger partial charge in [-0.15, -0.1) is 12.4 Å². The van der Waals surface area contributed by atoms with Gasteiger partial charge in [-0.2, -0.15) is 18.3 Å². The lowest BCUT2D eigenvalue weighted by atomic mass is 10.0. The molecule has 1 aliphatic rings. The van der Waals surface area contributed by atoms with Crippen LogP contribution in [0.25, 0.3) is 27.7 Å². The number of fused-ring (bicyclic) bond motifs is 1. The first kappa shape index (κ1) is 23.1. The topological polar surface area (TPSA) is 51.9 Å². The highest BCUT2D eigenvalue weighted by molar-refractivity contribution is 5.85. The maximum Gasteiger partial charge on any atom is 0.416 e. The number of benzene rings is 2. The lowest BCUT2D eigenvalue weighted by Crippen LogP contribution is -2.27. The maximum absolute atomic E-state index is 12.8. The molecule has 0 radical (unpaired) electrons. The summed E-state index contributed by atoms with van der Waals surface area (Å²) in [6.07, 6.45) is 1.38. The van der Waals surface area contributed by atoms with Crippen LogP contribution in [0.5, 0.6) is 0 Å². The molecule has 5 rings (SSSR count). The number of halogens is 4. The summed E-state index contributed by atoms with van der Waals surface area (Å²) < 4.78 is 41.8. The van der Waals surface area contributed by atoms with Gasteiger partial charge in [-0.3, -0.25) is 14.0 Å². The lowest BCUT2D eigenvalue weighted by Gasteiger charge is -2.12. The fourth-order valence-electron chi connectivity index (χ4n) is 4.21. The van der Waals surface area contributed by atoms with E-state index in [-0.39, 0.29) is 18.0 Å². The van der Waals surface area contributed by atoms with Crippen molar-refractivity contribution in [3.63, 3.8) is 0 Å².